The monoisotopic (exact) mass is 622 g/mol. The molecule has 2 aromatic carbocycles. The predicted octanol–water partition coefficient (Wildman–Crippen LogP) is 7.26. The first-order valence-corrected chi connectivity index (χ1v) is 18.0. The zero-order valence-electron chi connectivity index (χ0n) is 26.8. The van der Waals surface area contributed by atoms with Gasteiger partial charge in [-0.05, 0) is 47.5 Å². The summed E-state index contributed by atoms with van der Waals surface area (Å²) in [6.45, 7) is 7.77. The Bertz CT molecular complexity index is 1300. The number of carbonyl (C=O) groups is 2. The van der Waals surface area contributed by atoms with Crippen LogP contribution in [0.2, 0.25) is 5.04 Å². The number of carbonyl (C=O) groups excluding carboxylic acids is 2. The Kier molecular flexibility index (Phi) is 10.5. The van der Waals surface area contributed by atoms with Gasteiger partial charge in [-0.25, -0.2) is 8.78 Å². The lowest BCUT2D eigenvalue weighted by Gasteiger charge is -2.48. The number of allylic oxidation sites excluding steroid dienone is 4. The first-order valence-electron chi connectivity index (χ1n) is 16.1. The lowest BCUT2D eigenvalue weighted by atomic mass is 9.79. The van der Waals surface area contributed by atoms with E-state index in [1.807, 2.05) is 67.6 Å². The van der Waals surface area contributed by atoms with Crippen molar-refractivity contribution in [3.63, 3.8) is 0 Å². The number of fused-ring (bicyclic) bond motifs is 1. The van der Waals surface area contributed by atoms with Gasteiger partial charge in [0.15, 0.2) is 0 Å². The molecule has 2 aliphatic rings. The summed E-state index contributed by atoms with van der Waals surface area (Å²) in [6.07, 6.45) is 10.5. The van der Waals surface area contributed by atoms with E-state index in [0.29, 0.717) is 32.1 Å². The number of rotatable bonds is 15. The Morgan fingerprint density at radius 2 is 1.68 bits per heavy atom. The third kappa shape index (κ3) is 6.14. The second-order valence-corrected chi connectivity index (χ2v) is 17.1. The minimum absolute atomic E-state index is 0.0107. The number of ether oxygens (including phenoxy) is 1. The molecule has 2 saturated carbocycles. The highest BCUT2D eigenvalue weighted by atomic mass is 28.4. The third-order valence-corrected chi connectivity index (χ3v) is 15.2. The normalized spacial score (nSPS) is 24.5. The van der Waals surface area contributed by atoms with Gasteiger partial charge in [-0.1, -0.05) is 119 Å². The molecule has 4 nitrogen and oxygen atoms in total. The summed E-state index contributed by atoms with van der Waals surface area (Å²) in [7, 11) is -2.14. The van der Waals surface area contributed by atoms with Gasteiger partial charge in [0.1, 0.15) is 5.78 Å². The fourth-order valence-corrected chi connectivity index (χ4v) is 12.1. The van der Waals surface area contributed by atoms with Crippen LogP contribution >= 0.6 is 0 Å². The van der Waals surface area contributed by atoms with Gasteiger partial charge >= 0.3 is 5.97 Å². The molecular formula is C37H48F2O4Si. The zero-order chi connectivity index (χ0) is 32.2. The molecule has 7 heteroatoms. The van der Waals surface area contributed by atoms with Crippen LogP contribution in [0.1, 0.15) is 72.6 Å². The first kappa shape index (κ1) is 34.0. The first-order chi connectivity index (χ1) is 20.9. The highest BCUT2D eigenvalue weighted by Gasteiger charge is 2.79. The lowest BCUT2D eigenvalue weighted by Crippen LogP contribution is -2.68. The number of alkyl halides is 2. The average Bonchev–Trinajstić information content (AvgIpc) is 3.52. The van der Waals surface area contributed by atoms with Crippen molar-refractivity contribution >= 4 is 30.4 Å². The third-order valence-electron chi connectivity index (χ3n) is 10.6. The molecule has 0 aromatic heterocycles. The van der Waals surface area contributed by atoms with Crippen LogP contribution in [0.15, 0.2) is 85.0 Å². The Morgan fingerprint density at radius 3 is 2.23 bits per heavy atom. The number of esters is 1. The highest BCUT2D eigenvalue weighted by Crippen LogP contribution is 2.80. The van der Waals surface area contributed by atoms with Gasteiger partial charge in [0.25, 0.3) is 14.2 Å². The summed E-state index contributed by atoms with van der Waals surface area (Å²) in [4.78, 5) is 38.2. The van der Waals surface area contributed by atoms with Crippen LogP contribution in [0.25, 0.3) is 0 Å². The van der Waals surface area contributed by atoms with Gasteiger partial charge in [-0.3, -0.25) is 9.59 Å². The number of halogens is 2. The van der Waals surface area contributed by atoms with E-state index in [0.717, 1.165) is 29.3 Å². The van der Waals surface area contributed by atoms with Crippen molar-refractivity contribution < 1.29 is 27.9 Å². The van der Waals surface area contributed by atoms with E-state index in [9.17, 15) is 14.4 Å². The molecule has 1 N–H and O–H groups in total. The van der Waals surface area contributed by atoms with E-state index >= 15 is 8.78 Å². The smallest absolute Gasteiger partial charge is 0.305 e. The molecule has 2 unspecified atom stereocenters. The van der Waals surface area contributed by atoms with E-state index in [2.05, 4.69) is 26.0 Å². The summed E-state index contributed by atoms with van der Waals surface area (Å²) < 4.78 is 35.2. The van der Waals surface area contributed by atoms with E-state index < -0.39 is 36.5 Å². The largest absolute Gasteiger partial charge is 0.469 e. The van der Waals surface area contributed by atoms with Crippen molar-refractivity contribution in [2.45, 2.75) is 83.6 Å². The number of Topliss-reactive ketones (excluding diaryl/α,β-unsaturated/α-hetero) is 1. The number of ketones is 1. The Morgan fingerprint density at radius 1 is 1.09 bits per heavy atom. The molecule has 0 amide bonds. The molecule has 2 fully saturated rings. The Labute approximate surface area is 262 Å². The van der Waals surface area contributed by atoms with Crippen LogP contribution in [0.3, 0.4) is 0 Å². The number of unbranched alkanes of at least 4 members (excludes halogenated alkanes) is 2. The molecule has 0 radical (unpaired) electrons. The van der Waals surface area contributed by atoms with E-state index in [4.69, 9.17) is 4.74 Å². The molecule has 44 heavy (non-hydrogen) atoms. The second kappa shape index (κ2) is 13.6. The fourth-order valence-electron chi connectivity index (χ4n) is 7.86. The summed E-state index contributed by atoms with van der Waals surface area (Å²) in [5.74, 6) is -5.02. The van der Waals surface area contributed by atoms with E-state index in [1.165, 1.54) is 13.2 Å². The molecule has 0 spiro atoms. The minimum atomic E-state index is -3.51. The predicted molar refractivity (Wildman–Crippen MR) is 174 cm³/mol. The molecule has 2 aliphatic carbocycles. The molecule has 238 valence electrons. The van der Waals surface area contributed by atoms with Crippen LogP contribution in [-0.2, 0) is 14.3 Å². The van der Waals surface area contributed by atoms with Gasteiger partial charge in [0, 0.05) is 35.1 Å². The van der Waals surface area contributed by atoms with Gasteiger partial charge in [-0.15, -0.1) is 0 Å². The lowest BCUT2D eigenvalue weighted by molar-refractivity contribution is -0.140. The average molecular weight is 623 g/mol. The minimum Gasteiger partial charge on any atom is -0.469 e. The maximum Gasteiger partial charge on any atom is 0.305 e. The van der Waals surface area contributed by atoms with Gasteiger partial charge in [-0.2, -0.15) is 0 Å². The van der Waals surface area contributed by atoms with Crippen molar-refractivity contribution in [1.82, 2.24) is 0 Å². The topological polar surface area (TPSA) is 63.6 Å². The SMILES string of the molecule is CCCCC(C)C(F)(F)/C=C/[C@H]1C(=O)C[C@H]2[C@@H]1C2(/C=C\CCCC(=O)OC)C(C)(C)[Si](O)(c1ccccc1)c1ccccc1. The summed E-state index contributed by atoms with van der Waals surface area (Å²) >= 11 is 0. The molecule has 0 aliphatic heterocycles. The van der Waals surface area contributed by atoms with Gasteiger partial charge in [0.05, 0.1) is 7.11 Å². The van der Waals surface area contributed by atoms with E-state index in [1.54, 1.807) is 6.92 Å². The quantitative estimate of drug-likeness (QED) is 0.0983. The molecule has 0 saturated heterocycles. The zero-order valence-corrected chi connectivity index (χ0v) is 27.8. The summed E-state index contributed by atoms with van der Waals surface area (Å²) in [5, 5.41) is 1.02. The summed E-state index contributed by atoms with van der Waals surface area (Å²) in [6, 6.07) is 19.5. The standard InChI is InChI=1S/C37H48F2O4Si/c1-6-7-17-27(2)37(38,39)25-23-30-32(40)26-31-34(30)36(31,24-16-10-15-22-33(41)43-5)35(3,4)44(42,28-18-11-8-12-19-28)29-20-13-9-14-21-29/h8-9,11-14,16,18-21,23-25,27,30-31,34,42H,6-7,10,15,17,22,26H2,1-5H3/b24-16-,25-23+/t27?,30-,31-,34+,36?/m0/s1. The number of methoxy groups -OCH3 is 1. The van der Waals surface area contributed by atoms with E-state index in [-0.39, 0.29) is 23.6 Å². The van der Waals surface area contributed by atoms with Crippen LogP contribution in [-0.4, -0.2) is 37.9 Å². The Balaban J connectivity index is 1.77. The fraction of sp³-hybridized carbons (Fsp3) is 0.514. The highest BCUT2D eigenvalue weighted by molar-refractivity contribution is 6.98. The molecule has 5 atom stereocenters. The van der Waals surface area contributed by atoms with Crippen LogP contribution in [0.4, 0.5) is 8.78 Å². The molecule has 0 heterocycles. The second-order valence-electron chi connectivity index (χ2n) is 13.3. The number of benzene rings is 2. The van der Waals surface area contributed by atoms with Gasteiger partial charge in [0.2, 0.25) is 0 Å². The van der Waals surface area contributed by atoms with Crippen molar-refractivity contribution in [2.24, 2.45) is 29.1 Å². The van der Waals surface area contributed by atoms with Crippen molar-refractivity contribution in [1.29, 1.82) is 0 Å². The molecule has 0 bridgehead atoms. The Hall–Kier alpha value is -2.90. The summed E-state index contributed by atoms with van der Waals surface area (Å²) in [5.41, 5.74) is -0.600. The maximum absolute atomic E-state index is 15.2. The van der Waals surface area contributed by atoms with Gasteiger partial charge < -0.3 is 9.53 Å². The maximum atomic E-state index is 15.2. The molecule has 4 rings (SSSR count). The van der Waals surface area contributed by atoms with Crippen molar-refractivity contribution in [3.05, 3.63) is 85.0 Å². The molecular weight excluding hydrogens is 574 g/mol. The number of hydrogen-bond acceptors (Lipinski definition) is 4. The molecule has 2 aromatic rings. The van der Waals surface area contributed by atoms with Crippen LogP contribution in [0.5, 0.6) is 0 Å². The van der Waals surface area contributed by atoms with Crippen LogP contribution in [0, 0.1) is 29.1 Å². The van der Waals surface area contributed by atoms with Crippen LogP contribution < -0.4 is 10.4 Å². The van der Waals surface area contributed by atoms with Crippen molar-refractivity contribution in [2.75, 3.05) is 7.11 Å². The number of hydrogen-bond donors (Lipinski definition) is 1. The van der Waals surface area contributed by atoms with Crippen molar-refractivity contribution in [3.8, 4) is 0 Å².